The van der Waals surface area contributed by atoms with Crippen molar-refractivity contribution in [3.05, 3.63) is 69.2 Å². The number of carbonyl (C=O) groups is 1. The van der Waals surface area contributed by atoms with Gasteiger partial charge in [0.2, 0.25) is 0 Å². The van der Waals surface area contributed by atoms with Gasteiger partial charge in [0.1, 0.15) is 5.60 Å². The second-order valence-corrected chi connectivity index (χ2v) is 8.31. The van der Waals surface area contributed by atoms with Crippen molar-refractivity contribution in [2.75, 3.05) is 6.54 Å². The summed E-state index contributed by atoms with van der Waals surface area (Å²) in [6.45, 7) is 6.05. The Morgan fingerprint density at radius 1 is 1.12 bits per heavy atom. The van der Waals surface area contributed by atoms with Crippen LogP contribution >= 0.6 is 27.5 Å². The molecule has 0 fully saturated rings. The summed E-state index contributed by atoms with van der Waals surface area (Å²) in [6.07, 6.45) is 0.410. The Balaban J connectivity index is 2.10. The average molecular weight is 425 g/mol. The zero-order valence-electron chi connectivity index (χ0n) is 14.7. The van der Waals surface area contributed by atoms with Gasteiger partial charge in [-0.05, 0) is 62.6 Å². The normalized spacial score (nSPS) is 12.5. The molecule has 1 atom stereocenters. The molecule has 0 bridgehead atoms. The molecule has 0 aliphatic heterocycles. The van der Waals surface area contributed by atoms with Gasteiger partial charge in [-0.3, -0.25) is 0 Å². The van der Waals surface area contributed by atoms with Crippen LogP contribution in [-0.2, 0) is 11.2 Å². The third kappa shape index (κ3) is 7.09. The van der Waals surface area contributed by atoms with Crippen LogP contribution in [0.1, 0.15) is 37.8 Å². The van der Waals surface area contributed by atoms with Crippen LogP contribution in [-0.4, -0.2) is 18.2 Å². The molecule has 1 N–H and O–H groups in total. The minimum atomic E-state index is -0.508. The highest BCUT2D eigenvalue weighted by molar-refractivity contribution is 9.10. The maximum atomic E-state index is 12.0. The molecule has 2 aromatic rings. The first-order valence-corrected chi connectivity index (χ1v) is 9.37. The highest BCUT2D eigenvalue weighted by Crippen LogP contribution is 2.23. The molecule has 25 heavy (non-hydrogen) atoms. The molecule has 0 aliphatic carbocycles. The Labute approximate surface area is 162 Å². The number of nitrogens with one attached hydrogen (secondary N) is 1. The number of rotatable bonds is 5. The van der Waals surface area contributed by atoms with Gasteiger partial charge >= 0.3 is 6.09 Å². The van der Waals surface area contributed by atoms with E-state index in [1.54, 1.807) is 0 Å². The van der Waals surface area contributed by atoms with Crippen LogP contribution < -0.4 is 5.32 Å². The van der Waals surface area contributed by atoms with E-state index in [0.717, 1.165) is 16.5 Å². The molecule has 134 valence electrons. The monoisotopic (exact) mass is 423 g/mol. The summed E-state index contributed by atoms with van der Waals surface area (Å²) in [5.74, 6) is 0.131. The summed E-state index contributed by atoms with van der Waals surface area (Å²) < 4.78 is 6.38. The van der Waals surface area contributed by atoms with Gasteiger partial charge in [-0.1, -0.05) is 51.8 Å². The second-order valence-electron chi connectivity index (χ2n) is 6.96. The molecular weight excluding hydrogens is 402 g/mol. The first-order chi connectivity index (χ1) is 11.7. The van der Waals surface area contributed by atoms with Gasteiger partial charge in [0, 0.05) is 22.0 Å². The lowest BCUT2D eigenvalue weighted by Crippen LogP contribution is -2.35. The van der Waals surface area contributed by atoms with Crippen LogP contribution in [0.25, 0.3) is 0 Å². The number of halogens is 2. The predicted molar refractivity (Wildman–Crippen MR) is 106 cm³/mol. The van der Waals surface area contributed by atoms with Crippen molar-refractivity contribution >= 4 is 33.6 Å². The molecule has 0 saturated heterocycles. The molecule has 3 nitrogen and oxygen atoms in total. The molecule has 1 amide bonds. The number of amides is 1. The van der Waals surface area contributed by atoms with Gasteiger partial charge in [-0.2, -0.15) is 0 Å². The summed E-state index contributed by atoms with van der Waals surface area (Å²) in [4.78, 5) is 12.0. The molecule has 2 aromatic carbocycles. The number of hydrogen-bond acceptors (Lipinski definition) is 2. The number of benzene rings is 2. The van der Waals surface area contributed by atoms with E-state index in [9.17, 15) is 4.79 Å². The zero-order valence-corrected chi connectivity index (χ0v) is 17.0. The van der Waals surface area contributed by atoms with E-state index < -0.39 is 11.7 Å². The number of hydrogen-bond donors (Lipinski definition) is 1. The lowest BCUT2D eigenvalue weighted by molar-refractivity contribution is 0.0524. The van der Waals surface area contributed by atoms with Crippen LogP contribution in [0.5, 0.6) is 0 Å². The van der Waals surface area contributed by atoms with Crippen molar-refractivity contribution in [1.29, 1.82) is 0 Å². The summed E-state index contributed by atoms with van der Waals surface area (Å²) in [5.41, 5.74) is 1.82. The maximum Gasteiger partial charge on any atom is 0.407 e. The lowest BCUT2D eigenvalue weighted by Gasteiger charge is -2.22. The van der Waals surface area contributed by atoms with Crippen LogP contribution in [0.3, 0.4) is 0 Å². The van der Waals surface area contributed by atoms with Gasteiger partial charge in [0.25, 0.3) is 0 Å². The van der Waals surface area contributed by atoms with Gasteiger partial charge in [0.05, 0.1) is 0 Å². The van der Waals surface area contributed by atoms with Crippen molar-refractivity contribution in [3.8, 4) is 0 Å². The maximum absolute atomic E-state index is 12.0. The molecule has 2 rings (SSSR count). The van der Waals surface area contributed by atoms with Crippen LogP contribution in [0.15, 0.2) is 53.0 Å². The van der Waals surface area contributed by atoms with Gasteiger partial charge in [0.15, 0.2) is 0 Å². The van der Waals surface area contributed by atoms with Crippen LogP contribution in [0.4, 0.5) is 4.79 Å². The topological polar surface area (TPSA) is 38.3 Å². The van der Waals surface area contributed by atoms with E-state index in [2.05, 4.69) is 33.4 Å². The van der Waals surface area contributed by atoms with Gasteiger partial charge < -0.3 is 10.1 Å². The van der Waals surface area contributed by atoms with Crippen molar-refractivity contribution in [1.82, 2.24) is 5.32 Å². The average Bonchev–Trinajstić information content (AvgIpc) is 2.52. The van der Waals surface area contributed by atoms with Gasteiger partial charge in [-0.15, -0.1) is 0 Å². The predicted octanol–water partition coefficient (Wildman–Crippen LogP) is 5.95. The Hall–Kier alpha value is -1.52. The zero-order chi connectivity index (χ0) is 18.4. The molecule has 5 heteroatoms. The van der Waals surface area contributed by atoms with E-state index in [-0.39, 0.29) is 5.92 Å². The minimum absolute atomic E-state index is 0.131. The van der Waals surface area contributed by atoms with E-state index in [1.807, 2.05) is 57.2 Å². The fourth-order valence-corrected chi connectivity index (χ4v) is 2.86. The standard InChI is InChI=1S/C20H23BrClNO2/c1-20(2,3)25-19(24)23-13-16(15-6-10-18(22)11-7-15)12-14-4-8-17(21)9-5-14/h4-11,16H,12-13H2,1-3H3,(H,23,24)/t16-/m1/s1. The molecular formula is C20H23BrClNO2. The van der Waals surface area contributed by atoms with Crippen LogP contribution in [0, 0.1) is 0 Å². The second kappa shape index (κ2) is 8.72. The Morgan fingerprint density at radius 2 is 1.72 bits per heavy atom. The Kier molecular flexibility index (Phi) is 6.91. The van der Waals surface area contributed by atoms with Gasteiger partial charge in [-0.25, -0.2) is 4.79 Å². The first kappa shape index (κ1) is 19.8. The largest absolute Gasteiger partial charge is 0.444 e. The Bertz CT molecular complexity index is 693. The summed E-state index contributed by atoms with van der Waals surface area (Å²) in [6, 6.07) is 16.0. The fourth-order valence-electron chi connectivity index (χ4n) is 2.47. The summed E-state index contributed by atoms with van der Waals surface area (Å²) in [5, 5.41) is 3.58. The van der Waals surface area contributed by atoms with E-state index in [0.29, 0.717) is 11.6 Å². The molecule has 0 aliphatic rings. The van der Waals surface area contributed by atoms with Crippen molar-refractivity contribution in [3.63, 3.8) is 0 Å². The fraction of sp³-hybridized carbons (Fsp3) is 0.350. The highest BCUT2D eigenvalue weighted by Gasteiger charge is 2.18. The molecule has 0 aromatic heterocycles. The molecule has 0 spiro atoms. The molecule has 0 heterocycles. The molecule has 0 saturated carbocycles. The van der Waals surface area contributed by atoms with Crippen LogP contribution in [0.2, 0.25) is 5.02 Å². The van der Waals surface area contributed by atoms with Crippen molar-refractivity contribution in [2.24, 2.45) is 0 Å². The SMILES string of the molecule is CC(C)(C)OC(=O)NC[C@@H](Cc1ccc(Br)cc1)c1ccc(Cl)cc1. The van der Waals surface area contributed by atoms with Crippen molar-refractivity contribution in [2.45, 2.75) is 38.7 Å². The summed E-state index contributed by atoms with van der Waals surface area (Å²) in [7, 11) is 0. The number of ether oxygens (including phenoxy) is 1. The molecule has 0 radical (unpaired) electrons. The summed E-state index contributed by atoms with van der Waals surface area (Å²) >= 11 is 9.45. The van der Waals surface area contributed by atoms with E-state index in [1.165, 1.54) is 5.56 Å². The first-order valence-electron chi connectivity index (χ1n) is 8.20. The molecule has 0 unspecified atom stereocenters. The van der Waals surface area contributed by atoms with Crippen molar-refractivity contribution < 1.29 is 9.53 Å². The number of alkyl carbamates (subject to hydrolysis) is 1. The quantitative estimate of drug-likeness (QED) is 0.643. The smallest absolute Gasteiger partial charge is 0.407 e. The lowest BCUT2D eigenvalue weighted by atomic mass is 9.92. The minimum Gasteiger partial charge on any atom is -0.444 e. The van der Waals surface area contributed by atoms with E-state index in [4.69, 9.17) is 16.3 Å². The number of carbonyl (C=O) groups excluding carboxylic acids is 1. The third-order valence-electron chi connectivity index (χ3n) is 3.63. The Morgan fingerprint density at radius 3 is 2.28 bits per heavy atom. The third-order valence-corrected chi connectivity index (χ3v) is 4.41. The van der Waals surface area contributed by atoms with E-state index >= 15 is 0 Å². The highest BCUT2D eigenvalue weighted by atomic mass is 79.9.